The lowest BCUT2D eigenvalue weighted by atomic mass is 10.1. The number of rotatable bonds is 4. The van der Waals surface area contributed by atoms with Gasteiger partial charge in [-0.3, -0.25) is 0 Å². The number of ether oxygens (including phenoxy) is 1. The highest BCUT2D eigenvalue weighted by molar-refractivity contribution is 4.97. The Kier molecular flexibility index (Phi) is 2.65. The van der Waals surface area contributed by atoms with E-state index in [1.807, 2.05) is 0 Å². The van der Waals surface area contributed by atoms with E-state index < -0.39 is 0 Å². The summed E-state index contributed by atoms with van der Waals surface area (Å²) in [5.41, 5.74) is 0. The number of hydrogen-bond acceptors (Lipinski definition) is 5. The average molecular weight is 223 g/mol. The highest BCUT2D eigenvalue weighted by Gasteiger charge is 2.28. The Bertz CT molecular complexity index is 362. The first kappa shape index (κ1) is 10.2. The molecule has 2 heterocycles. The Balaban J connectivity index is 1.58. The fraction of sp³-hybridized carbons (Fsp3) is 0.818. The highest BCUT2D eigenvalue weighted by atomic mass is 16.5. The molecule has 1 aliphatic carbocycles. The summed E-state index contributed by atoms with van der Waals surface area (Å²) in [4.78, 5) is 4.41. The minimum Gasteiger partial charge on any atom is -0.378 e. The van der Waals surface area contributed by atoms with Crippen molar-refractivity contribution in [2.75, 3.05) is 6.61 Å². The van der Waals surface area contributed by atoms with Gasteiger partial charge in [0.15, 0.2) is 5.82 Å². The third-order valence-electron chi connectivity index (χ3n) is 3.16. The van der Waals surface area contributed by atoms with E-state index in [9.17, 15) is 0 Å². The molecule has 88 valence electrons. The van der Waals surface area contributed by atoms with E-state index in [4.69, 9.17) is 9.26 Å². The van der Waals surface area contributed by atoms with Crippen molar-refractivity contribution in [2.45, 2.75) is 50.8 Å². The molecular weight excluding hydrogens is 206 g/mol. The predicted molar refractivity (Wildman–Crippen MR) is 56.9 cm³/mol. The van der Waals surface area contributed by atoms with Gasteiger partial charge in [0.1, 0.15) is 0 Å². The Labute approximate surface area is 94.6 Å². The van der Waals surface area contributed by atoms with Crippen molar-refractivity contribution in [2.24, 2.45) is 0 Å². The molecule has 2 unspecified atom stereocenters. The van der Waals surface area contributed by atoms with Crippen molar-refractivity contribution in [3.05, 3.63) is 11.7 Å². The van der Waals surface area contributed by atoms with Gasteiger partial charge < -0.3 is 14.6 Å². The maximum absolute atomic E-state index is 5.49. The minimum absolute atomic E-state index is 0.289. The highest BCUT2D eigenvalue weighted by Crippen LogP contribution is 2.27. The summed E-state index contributed by atoms with van der Waals surface area (Å²) in [5, 5.41) is 7.35. The summed E-state index contributed by atoms with van der Waals surface area (Å²) in [6.07, 6.45) is 3.85. The summed E-state index contributed by atoms with van der Waals surface area (Å²) < 4.78 is 10.8. The molecule has 3 rings (SSSR count). The third kappa shape index (κ3) is 2.25. The summed E-state index contributed by atoms with van der Waals surface area (Å²) in [5.74, 6) is 1.79. The number of nitrogens with one attached hydrogen (secondary N) is 1. The van der Waals surface area contributed by atoms with Crippen LogP contribution in [0.3, 0.4) is 0 Å². The van der Waals surface area contributed by atoms with Crippen LogP contribution in [0.5, 0.6) is 0 Å². The van der Waals surface area contributed by atoms with Crippen molar-refractivity contribution >= 4 is 0 Å². The van der Waals surface area contributed by atoms with Gasteiger partial charge >= 0.3 is 0 Å². The smallest absolute Gasteiger partial charge is 0.232 e. The van der Waals surface area contributed by atoms with Gasteiger partial charge in [-0.25, -0.2) is 0 Å². The lowest BCUT2D eigenvalue weighted by Gasteiger charge is -1.98. The van der Waals surface area contributed by atoms with E-state index in [0.29, 0.717) is 18.8 Å². The van der Waals surface area contributed by atoms with Crippen LogP contribution in [0.25, 0.3) is 0 Å². The summed E-state index contributed by atoms with van der Waals surface area (Å²) in [6, 6.07) is 0.678. The van der Waals surface area contributed by atoms with Crippen LogP contribution in [0.15, 0.2) is 4.52 Å². The van der Waals surface area contributed by atoms with Crippen LogP contribution in [0.1, 0.15) is 43.8 Å². The lowest BCUT2D eigenvalue weighted by molar-refractivity contribution is 0.122. The molecule has 2 aliphatic rings. The lowest BCUT2D eigenvalue weighted by Crippen LogP contribution is -2.16. The maximum atomic E-state index is 5.49. The summed E-state index contributed by atoms with van der Waals surface area (Å²) in [7, 11) is 0. The van der Waals surface area contributed by atoms with Crippen molar-refractivity contribution < 1.29 is 9.26 Å². The van der Waals surface area contributed by atoms with Crippen LogP contribution >= 0.6 is 0 Å². The normalized spacial score (nSPS) is 29.8. The zero-order valence-electron chi connectivity index (χ0n) is 9.48. The minimum atomic E-state index is 0.289. The largest absolute Gasteiger partial charge is 0.378 e. The molecule has 1 N–H and O–H groups in total. The molecule has 1 aromatic rings. The second-order valence-electron chi connectivity index (χ2n) is 4.78. The Morgan fingerprint density at radius 3 is 3.00 bits per heavy atom. The molecule has 0 radical (unpaired) electrons. The molecule has 1 aliphatic heterocycles. The molecular formula is C11H17N3O2. The maximum Gasteiger partial charge on any atom is 0.232 e. The summed E-state index contributed by atoms with van der Waals surface area (Å²) >= 11 is 0. The van der Waals surface area contributed by atoms with E-state index in [1.54, 1.807) is 0 Å². The van der Waals surface area contributed by atoms with E-state index in [1.165, 1.54) is 12.8 Å². The van der Waals surface area contributed by atoms with Gasteiger partial charge in [0.2, 0.25) is 5.89 Å². The molecule has 1 saturated heterocycles. The zero-order chi connectivity index (χ0) is 11.0. The monoisotopic (exact) mass is 223 g/mol. The van der Waals surface area contributed by atoms with Crippen LogP contribution in [-0.4, -0.2) is 28.9 Å². The van der Waals surface area contributed by atoms with Gasteiger partial charge in [-0.05, 0) is 26.2 Å². The van der Waals surface area contributed by atoms with E-state index >= 15 is 0 Å². The first-order valence-electron chi connectivity index (χ1n) is 5.98. The molecule has 16 heavy (non-hydrogen) atoms. The number of nitrogens with zero attached hydrogens (tertiary/aromatic N) is 2. The molecule has 5 nitrogen and oxygen atoms in total. The second-order valence-corrected chi connectivity index (χ2v) is 4.78. The van der Waals surface area contributed by atoms with Crippen LogP contribution in [0.2, 0.25) is 0 Å². The molecule has 5 heteroatoms. The van der Waals surface area contributed by atoms with Crippen molar-refractivity contribution in [1.29, 1.82) is 0 Å². The molecule has 1 aromatic heterocycles. The average Bonchev–Trinajstić information content (AvgIpc) is 2.81. The van der Waals surface area contributed by atoms with E-state index in [0.717, 1.165) is 24.7 Å². The van der Waals surface area contributed by atoms with Gasteiger partial charge in [0, 0.05) is 6.04 Å². The summed E-state index contributed by atoms with van der Waals surface area (Å²) in [6.45, 7) is 3.50. The van der Waals surface area contributed by atoms with Crippen LogP contribution in [0, 0.1) is 0 Å². The Hall–Kier alpha value is -0.940. The number of hydrogen-bond donors (Lipinski definition) is 1. The zero-order valence-corrected chi connectivity index (χ0v) is 9.48. The number of aromatic nitrogens is 2. The second kappa shape index (κ2) is 4.14. The van der Waals surface area contributed by atoms with Crippen molar-refractivity contribution in [1.82, 2.24) is 15.5 Å². The van der Waals surface area contributed by atoms with Gasteiger partial charge in [0.05, 0.1) is 25.2 Å². The topological polar surface area (TPSA) is 60.2 Å². The first-order valence-corrected chi connectivity index (χ1v) is 5.98. The SMILES string of the molecule is CC1CC(c2nc(CNC3CC3)no2)CO1. The van der Waals surface area contributed by atoms with Crippen LogP contribution < -0.4 is 5.32 Å². The van der Waals surface area contributed by atoms with Crippen molar-refractivity contribution in [3.8, 4) is 0 Å². The Morgan fingerprint density at radius 2 is 2.31 bits per heavy atom. The fourth-order valence-electron chi connectivity index (χ4n) is 2.02. The van der Waals surface area contributed by atoms with Crippen molar-refractivity contribution in [3.63, 3.8) is 0 Å². The van der Waals surface area contributed by atoms with Crippen LogP contribution in [0.4, 0.5) is 0 Å². The van der Waals surface area contributed by atoms with Gasteiger partial charge in [-0.2, -0.15) is 4.98 Å². The fourth-order valence-corrected chi connectivity index (χ4v) is 2.02. The van der Waals surface area contributed by atoms with Crippen LogP contribution in [-0.2, 0) is 11.3 Å². The molecule has 0 spiro atoms. The third-order valence-corrected chi connectivity index (χ3v) is 3.16. The van der Waals surface area contributed by atoms with Gasteiger partial charge in [0.25, 0.3) is 0 Å². The van der Waals surface area contributed by atoms with E-state index in [2.05, 4.69) is 22.4 Å². The molecule has 0 bridgehead atoms. The Morgan fingerprint density at radius 1 is 1.44 bits per heavy atom. The van der Waals surface area contributed by atoms with Gasteiger partial charge in [-0.15, -0.1) is 0 Å². The first-order chi connectivity index (χ1) is 7.81. The quantitative estimate of drug-likeness (QED) is 0.831. The standard InChI is InChI=1S/C11H17N3O2/c1-7-4-8(6-15-7)11-13-10(14-16-11)5-12-9-2-3-9/h7-9,12H,2-6H2,1H3. The molecule has 2 atom stereocenters. The van der Waals surface area contributed by atoms with Gasteiger partial charge in [-0.1, -0.05) is 5.16 Å². The predicted octanol–water partition coefficient (Wildman–Crippen LogP) is 1.21. The molecule has 2 fully saturated rings. The van der Waals surface area contributed by atoms with E-state index in [-0.39, 0.29) is 5.92 Å². The molecule has 1 saturated carbocycles. The molecule has 0 amide bonds. The molecule has 0 aromatic carbocycles.